The molecule has 28 heavy (non-hydrogen) atoms. The first kappa shape index (κ1) is 22.0. The van der Waals surface area contributed by atoms with Gasteiger partial charge in [-0.15, -0.1) is 0 Å². The lowest BCUT2D eigenvalue weighted by atomic mass is 10.0. The van der Waals surface area contributed by atoms with E-state index in [-0.39, 0.29) is 24.0 Å². The largest absolute Gasteiger partial charge is 0.478 e. The van der Waals surface area contributed by atoms with Crippen LogP contribution in [0, 0.1) is 0 Å². The molecule has 1 aromatic carbocycles. The summed E-state index contributed by atoms with van der Waals surface area (Å²) in [5.74, 6) is -1.34. The molecule has 2 rings (SSSR count). The summed E-state index contributed by atoms with van der Waals surface area (Å²) in [5.41, 5.74) is 0.662. The number of aliphatic hydroxyl groups is 2. The van der Waals surface area contributed by atoms with Crippen molar-refractivity contribution in [3.63, 3.8) is 0 Å². The lowest BCUT2D eigenvalue weighted by Crippen LogP contribution is -2.48. The molecule has 154 valence electrons. The number of allylic oxidation sites excluding steroid dienone is 1. The molecule has 5 atom stereocenters. The van der Waals surface area contributed by atoms with Gasteiger partial charge in [0.15, 0.2) is 6.29 Å². The normalized spacial score (nSPS) is 26.1. The van der Waals surface area contributed by atoms with E-state index in [9.17, 15) is 19.8 Å². The molecule has 0 bridgehead atoms. The second-order valence-corrected chi connectivity index (χ2v) is 6.88. The first-order valence-electron chi connectivity index (χ1n) is 9.24. The predicted octanol–water partition coefficient (Wildman–Crippen LogP) is 1.92. The molecule has 8 nitrogen and oxygen atoms in total. The third-order valence-corrected chi connectivity index (χ3v) is 4.46. The number of ether oxygens (including phenoxy) is 2. The Kier molecular flexibility index (Phi) is 8.13. The van der Waals surface area contributed by atoms with Crippen LogP contribution in [0.4, 0.5) is 5.69 Å². The van der Waals surface area contributed by atoms with Gasteiger partial charge >= 0.3 is 5.97 Å². The van der Waals surface area contributed by atoms with Crippen LogP contribution in [0.25, 0.3) is 0 Å². The Labute approximate surface area is 163 Å². The number of amides is 1. The highest BCUT2D eigenvalue weighted by atomic mass is 16.7. The van der Waals surface area contributed by atoms with Crippen LogP contribution in [0.3, 0.4) is 0 Å². The molecule has 0 radical (unpaired) electrons. The van der Waals surface area contributed by atoms with E-state index in [2.05, 4.69) is 5.32 Å². The number of carbonyl (C=O) groups excluding carboxylic acids is 1. The molecule has 1 unspecified atom stereocenters. The summed E-state index contributed by atoms with van der Waals surface area (Å²) in [4.78, 5) is 22.7. The van der Waals surface area contributed by atoms with E-state index >= 15 is 0 Å². The van der Waals surface area contributed by atoms with Crippen LogP contribution in [-0.4, -0.2) is 57.9 Å². The van der Waals surface area contributed by atoms with Crippen LogP contribution < -0.4 is 5.32 Å². The predicted molar refractivity (Wildman–Crippen MR) is 102 cm³/mol. The summed E-state index contributed by atoms with van der Waals surface area (Å²) in [6.07, 6.45) is 1.62. The minimum atomic E-state index is -1.02. The van der Waals surface area contributed by atoms with Crippen molar-refractivity contribution in [3.05, 3.63) is 42.0 Å². The number of aliphatic hydroxyl groups excluding tert-OH is 2. The molecule has 1 heterocycles. The van der Waals surface area contributed by atoms with Crippen molar-refractivity contribution in [2.75, 3.05) is 5.32 Å². The zero-order valence-corrected chi connectivity index (χ0v) is 15.9. The molecule has 0 saturated carbocycles. The number of hydrogen-bond acceptors (Lipinski definition) is 6. The average Bonchev–Trinajstić information content (AvgIpc) is 2.63. The Hall–Kier alpha value is -2.26. The Bertz CT molecular complexity index is 688. The van der Waals surface area contributed by atoms with Crippen molar-refractivity contribution in [1.29, 1.82) is 0 Å². The van der Waals surface area contributed by atoms with Crippen LogP contribution in [0.5, 0.6) is 0 Å². The fourth-order valence-corrected chi connectivity index (χ4v) is 2.76. The van der Waals surface area contributed by atoms with E-state index in [1.165, 1.54) is 30.3 Å². The Morgan fingerprint density at radius 2 is 1.96 bits per heavy atom. The first-order chi connectivity index (χ1) is 13.3. The third-order valence-electron chi connectivity index (χ3n) is 4.46. The molecule has 1 aliphatic heterocycles. The fraction of sp³-hybridized carbons (Fsp3) is 0.500. The van der Waals surface area contributed by atoms with Gasteiger partial charge in [-0.05, 0) is 57.0 Å². The van der Waals surface area contributed by atoms with Crippen molar-refractivity contribution in [1.82, 2.24) is 0 Å². The lowest BCUT2D eigenvalue weighted by molar-refractivity contribution is -0.273. The lowest BCUT2D eigenvalue weighted by Gasteiger charge is -2.36. The maximum Gasteiger partial charge on any atom is 0.335 e. The molecule has 0 aromatic heterocycles. The Balaban J connectivity index is 1.70. The summed E-state index contributed by atoms with van der Waals surface area (Å²) in [7, 11) is 0. The third kappa shape index (κ3) is 6.72. The van der Waals surface area contributed by atoms with Gasteiger partial charge in [0.05, 0.1) is 23.9 Å². The molecule has 0 aliphatic carbocycles. The second-order valence-electron chi connectivity index (χ2n) is 6.88. The van der Waals surface area contributed by atoms with E-state index in [1.54, 1.807) is 13.0 Å². The first-order valence-corrected chi connectivity index (χ1v) is 9.24. The second kappa shape index (κ2) is 10.3. The SMILES string of the molecule is CC1O[C@@H](O[C@H](C)CC/C=C/C(=O)Nc2ccc(C(=O)O)cc2)[C@@H](O)C[C@H]1O. The summed E-state index contributed by atoms with van der Waals surface area (Å²) in [6.45, 7) is 3.58. The highest BCUT2D eigenvalue weighted by molar-refractivity contribution is 5.99. The van der Waals surface area contributed by atoms with Crippen LogP contribution in [0.2, 0.25) is 0 Å². The van der Waals surface area contributed by atoms with Gasteiger partial charge in [-0.25, -0.2) is 4.79 Å². The van der Waals surface area contributed by atoms with Gasteiger partial charge in [0.1, 0.15) is 6.10 Å². The smallest absolute Gasteiger partial charge is 0.335 e. The van der Waals surface area contributed by atoms with Crippen LogP contribution in [0.15, 0.2) is 36.4 Å². The molecule has 1 amide bonds. The van der Waals surface area contributed by atoms with Crippen molar-refractivity contribution >= 4 is 17.6 Å². The van der Waals surface area contributed by atoms with Crippen LogP contribution in [0.1, 0.15) is 43.5 Å². The van der Waals surface area contributed by atoms with E-state index in [4.69, 9.17) is 14.6 Å². The minimum absolute atomic E-state index is 0.151. The molecule has 1 saturated heterocycles. The zero-order chi connectivity index (χ0) is 20.7. The number of carboxylic acids is 1. The number of rotatable bonds is 8. The zero-order valence-electron chi connectivity index (χ0n) is 15.9. The average molecular weight is 393 g/mol. The standard InChI is InChI=1S/C20H27NO7/c1-12(27-20-17(23)11-16(22)13(2)28-20)5-3-4-6-18(24)21-15-9-7-14(8-10-15)19(25)26/h4,6-10,12-13,16-17,20,22-23H,3,5,11H2,1-2H3,(H,21,24)(H,25,26)/b6-4+/t12-,13?,16-,17+,20-/m1/s1. The van der Waals surface area contributed by atoms with Crippen LogP contribution >= 0.6 is 0 Å². The van der Waals surface area contributed by atoms with Crippen molar-refractivity contribution in [2.45, 2.75) is 63.8 Å². The summed E-state index contributed by atoms with van der Waals surface area (Å²) < 4.78 is 11.2. The van der Waals surface area contributed by atoms with Crippen molar-refractivity contribution in [3.8, 4) is 0 Å². The van der Waals surface area contributed by atoms with E-state index in [0.29, 0.717) is 18.5 Å². The molecule has 0 spiro atoms. The minimum Gasteiger partial charge on any atom is -0.478 e. The van der Waals surface area contributed by atoms with E-state index in [1.807, 2.05) is 6.92 Å². The number of nitrogens with one attached hydrogen (secondary N) is 1. The molecule has 8 heteroatoms. The molecule has 1 aromatic rings. The van der Waals surface area contributed by atoms with Crippen molar-refractivity contribution in [2.24, 2.45) is 0 Å². The van der Waals surface area contributed by atoms with E-state index < -0.39 is 30.6 Å². The maximum atomic E-state index is 11.9. The molecular weight excluding hydrogens is 366 g/mol. The molecule has 4 N–H and O–H groups in total. The van der Waals surface area contributed by atoms with Crippen LogP contribution in [-0.2, 0) is 14.3 Å². The van der Waals surface area contributed by atoms with Gasteiger partial charge in [0, 0.05) is 12.1 Å². The molecule has 1 fully saturated rings. The molecular formula is C20H27NO7. The van der Waals surface area contributed by atoms with Crippen molar-refractivity contribution < 1.29 is 34.4 Å². The summed E-state index contributed by atoms with van der Waals surface area (Å²) in [5, 5.41) is 31.1. The van der Waals surface area contributed by atoms with E-state index in [0.717, 1.165) is 0 Å². The Morgan fingerprint density at radius 3 is 2.61 bits per heavy atom. The number of hydrogen-bond donors (Lipinski definition) is 4. The number of carboxylic acid groups (broad SMARTS) is 1. The van der Waals surface area contributed by atoms with Gasteiger partial charge in [-0.2, -0.15) is 0 Å². The summed E-state index contributed by atoms with van der Waals surface area (Å²) >= 11 is 0. The maximum absolute atomic E-state index is 11.9. The van der Waals surface area contributed by atoms with Gasteiger partial charge in [0.25, 0.3) is 0 Å². The quantitative estimate of drug-likeness (QED) is 0.497. The number of aromatic carboxylic acids is 1. The monoisotopic (exact) mass is 393 g/mol. The highest BCUT2D eigenvalue weighted by Crippen LogP contribution is 2.22. The fourth-order valence-electron chi connectivity index (χ4n) is 2.76. The number of anilines is 1. The Morgan fingerprint density at radius 1 is 1.29 bits per heavy atom. The number of benzene rings is 1. The molecule has 1 aliphatic rings. The van der Waals surface area contributed by atoms with Gasteiger partial charge < -0.3 is 30.1 Å². The van der Waals surface area contributed by atoms with Gasteiger partial charge in [0.2, 0.25) is 5.91 Å². The topological polar surface area (TPSA) is 125 Å². The highest BCUT2D eigenvalue weighted by Gasteiger charge is 2.35. The number of carbonyl (C=O) groups is 2. The van der Waals surface area contributed by atoms with Gasteiger partial charge in [-0.1, -0.05) is 6.08 Å². The van der Waals surface area contributed by atoms with Gasteiger partial charge in [-0.3, -0.25) is 4.79 Å². The summed E-state index contributed by atoms with van der Waals surface area (Å²) in [6, 6.07) is 5.89.